The minimum atomic E-state index is -1.95. The van der Waals surface area contributed by atoms with Crippen LogP contribution in [0, 0.1) is 0 Å². The van der Waals surface area contributed by atoms with Crippen LogP contribution in [0.2, 0.25) is 0 Å². The van der Waals surface area contributed by atoms with Crippen molar-refractivity contribution in [3.63, 3.8) is 0 Å². The molecule has 4 heterocycles. The van der Waals surface area contributed by atoms with E-state index in [1.54, 1.807) is 9.80 Å². The topological polar surface area (TPSA) is 16.3 Å². The summed E-state index contributed by atoms with van der Waals surface area (Å²) < 4.78 is 251. The van der Waals surface area contributed by atoms with Crippen molar-refractivity contribution in [2.45, 2.75) is 131 Å². The number of rotatable bonds is 10. The third-order valence-corrected chi connectivity index (χ3v) is 22.6. The Labute approximate surface area is 713 Å². The van der Waals surface area contributed by atoms with E-state index in [1.807, 2.05) is 154 Å². The molecule has 0 unspecified atom stereocenters. The highest BCUT2D eigenvalue weighted by Gasteiger charge is 2.47. The van der Waals surface area contributed by atoms with Gasteiger partial charge in [0.25, 0.3) is 6.71 Å². The second-order valence-corrected chi connectivity index (χ2v) is 35.5. The Morgan fingerprint density at radius 3 is 0.843 bits per heavy atom. The van der Waals surface area contributed by atoms with Crippen molar-refractivity contribution in [2.24, 2.45) is 0 Å². The minimum Gasteiger partial charge on any atom is -0.310 e. The lowest BCUT2D eigenvalue weighted by atomic mass is 9.33. The summed E-state index contributed by atoms with van der Waals surface area (Å²) in [6.07, 6.45) is 0. The molecule has 562 valence electrons. The average molecular weight is 1510 g/mol. The first-order valence-electron chi connectivity index (χ1n) is 51.2. The lowest BCUT2D eigenvalue weighted by molar-refractivity contribution is 0.589. The molecule has 0 aliphatic carbocycles. The van der Waals surface area contributed by atoms with Gasteiger partial charge in [-0.1, -0.05) is 334 Å². The maximum absolute atomic E-state index is 12.1. The predicted molar refractivity (Wildman–Crippen MR) is 495 cm³/mol. The van der Waals surface area contributed by atoms with Gasteiger partial charge in [0.1, 0.15) is 0 Å². The van der Waals surface area contributed by atoms with E-state index < -0.39 is 222 Å². The molecule has 0 amide bonds. The van der Waals surface area contributed by atoms with Crippen LogP contribution in [0.1, 0.15) is 165 Å². The molecule has 0 saturated carbocycles. The van der Waals surface area contributed by atoms with Crippen LogP contribution in [0.4, 0.5) is 34.1 Å². The Morgan fingerprint density at radius 2 is 0.530 bits per heavy atom. The smallest absolute Gasteiger partial charge is 0.252 e. The average Bonchev–Trinajstić information content (AvgIpc) is 1.20. The number of fused-ring (bicyclic) bond motifs is 10. The van der Waals surface area contributed by atoms with E-state index >= 15 is 0 Å². The zero-order valence-corrected chi connectivity index (χ0v) is 67.2. The molecule has 2 aromatic heterocycles. The van der Waals surface area contributed by atoms with Crippen LogP contribution in [0.3, 0.4) is 0 Å². The monoisotopic (exact) mass is 1510 g/mol. The first-order chi connectivity index (χ1) is 65.2. The highest BCUT2D eigenvalue weighted by molar-refractivity contribution is 7.00. The fourth-order valence-corrected chi connectivity index (χ4v) is 16.5. The zero-order chi connectivity index (χ0) is 100. The largest absolute Gasteiger partial charge is 0.310 e. The van der Waals surface area contributed by atoms with Gasteiger partial charge in [-0.2, -0.15) is 0 Å². The van der Waals surface area contributed by atoms with Crippen molar-refractivity contribution in [3.8, 4) is 78.1 Å². The van der Waals surface area contributed by atoms with E-state index in [1.165, 1.54) is 0 Å². The second-order valence-electron chi connectivity index (χ2n) is 35.5. The summed E-state index contributed by atoms with van der Waals surface area (Å²) in [5.74, 6) is 0. The van der Waals surface area contributed by atoms with Crippen LogP contribution >= 0.6 is 0 Å². The molecule has 115 heavy (non-hydrogen) atoms. The number of nitrogens with zero attached hydrogens (tertiary/aromatic N) is 4. The van der Waals surface area contributed by atoms with Gasteiger partial charge in [-0.25, -0.2) is 0 Å². The molecule has 0 atom stereocenters. The molecule has 15 aromatic carbocycles. The van der Waals surface area contributed by atoms with E-state index in [4.69, 9.17) is 0 Å². The second kappa shape index (κ2) is 27.1. The molecular formula is C110H99BN4. The van der Waals surface area contributed by atoms with Gasteiger partial charge in [0.15, 0.2) is 0 Å². The molecule has 2 aliphatic rings. The van der Waals surface area contributed by atoms with Gasteiger partial charge >= 0.3 is 0 Å². The van der Waals surface area contributed by atoms with Crippen molar-refractivity contribution in [1.29, 1.82) is 0 Å². The number of benzene rings is 15. The van der Waals surface area contributed by atoms with Crippen LogP contribution in [-0.4, -0.2) is 15.8 Å². The molecule has 5 heteroatoms. The molecule has 19 rings (SSSR count). The Balaban J connectivity index is 1.14. The van der Waals surface area contributed by atoms with Crippen molar-refractivity contribution >= 4 is 101 Å². The van der Waals surface area contributed by atoms with Crippen LogP contribution in [-0.2, 0) is 27.1 Å². The minimum absolute atomic E-state index is 0.0279. The Hall–Kier alpha value is -12.4. The van der Waals surface area contributed by atoms with Crippen molar-refractivity contribution < 1.29 is 32.9 Å². The van der Waals surface area contributed by atoms with E-state index in [0.717, 1.165) is 53.6 Å². The standard InChI is InChI=1S/C110H99BN4/c1-106(2,3)78-58-74(70-36-20-16-21-37-70)56-76(60-78)91-64-80(108(7,8)9)62-89(72-40-24-18-25-41-72)104(91)114-99-68-83(112-95-48-32-28-44-85(95)86-45-29-33-49-96(86)112)52-54-93(99)111-94-55-53-84(113-97-50-34-30-46-87(97)88-47-31-35-51-98(88)113)69-100(94)115(102-67-82(110(13,14)15)66-101(114)103(102)111)105-90(73-42-26-19-27-43-73)63-81(109(10,11)12)65-92(105)77-57-75(71-38-22-17-23-39-71)59-79(61-77)107(4,5)6/h16-69H,1-15H3/i28D,29D,30D,31D,32D,33D,34D,35D,44D,45D,46D,47D,48D,49D,50D,51D,52D,53D,54D,55D,66D,67D,68D,69D. The number of para-hydroxylation sites is 4. The first-order valence-corrected chi connectivity index (χ1v) is 39.2. The molecular weight excluding hydrogens is 1390 g/mol. The van der Waals surface area contributed by atoms with E-state index in [2.05, 4.69) is 132 Å². The lowest BCUT2D eigenvalue weighted by Gasteiger charge is -2.47. The SMILES string of the molecule is [2H]c1c([2H])c(-n2c3c([2H])c([2H])c([2H])c([2H])c3c3c([2H])c([2H])c([2H])c([2H])c32)c([2H])c2c1B1c3c([2H])c([2H])c(-n4c5c([2H])c([2H])c([2H])c([2H])c5c5c([2H])c([2H])c([2H])c([2H])c54)c([2H])c3N(c3c(-c4ccccc4)cc(C(C)(C)C)cc3-c3cc(-c4ccccc4)cc(C(C)(C)C)c3)c3c([2H])c(C(C)(C)C)c([2H])c(c31)N2c1c(-c2ccccc2)cc(C(C)(C)C)cc1-c1cc(-c2ccccc2)cc(C(C)(C)C)c1. The molecule has 0 bridgehead atoms. The lowest BCUT2D eigenvalue weighted by Crippen LogP contribution is -2.61. The summed E-state index contributed by atoms with van der Waals surface area (Å²) in [5, 5.41) is -1.63. The van der Waals surface area contributed by atoms with Crippen LogP contribution < -0.4 is 26.2 Å². The maximum Gasteiger partial charge on any atom is 0.252 e. The van der Waals surface area contributed by atoms with E-state index in [9.17, 15) is 32.9 Å². The highest BCUT2D eigenvalue weighted by Crippen LogP contribution is 2.57. The fourth-order valence-electron chi connectivity index (χ4n) is 16.5. The summed E-state index contributed by atoms with van der Waals surface area (Å²) in [6.45, 7) is 28.7. The van der Waals surface area contributed by atoms with E-state index in [-0.39, 0.29) is 68.2 Å². The molecule has 17 aromatic rings. The quantitative estimate of drug-likeness (QED) is 0.127. The van der Waals surface area contributed by atoms with Gasteiger partial charge in [-0.05, 0) is 213 Å². The van der Waals surface area contributed by atoms with E-state index in [0.29, 0.717) is 44.5 Å². The number of anilines is 6. The maximum atomic E-state index is 12.1. The van der Waals surface area contributed by atoms with Crippen LogP contribution in [0.25, 0.3) is 122 Å². The van der Waals surface area contributed by atoms with Crippen molar-refractivity contribution in [3.05, 3.63) is 355 Å². The number of hydrogen-bond donors (Lipinski definition) is 0. The van der Waals surface area contributed by atoms with Gasteiger partial charge in [-0.15, -0.1) is 0 Å². The van der Waals surface area contributed by atoms with Gasteiger partial charge in [0.05, 0.1) is 66.3 Å². The summed E-state index contributed by atoms with van der Waals surface area (Å²) in [7, 11) is 0. The molecule has 0 N–H and O–H groups in total. The van der Waals surface area contributed by atoms with Crippen molar-refractivity contribution in [1.82, 2.24) is 9.13 Å². The van der Waals surface area contributed by atoms with Gasteiger partial charge in [0.2, 0.25) is 0 Å². The summed E-state index contributed by atoms with van der Waals surface area (Å²) >= 11 is 0. The molecule has 0 spiro atoms. The normalized spacial score (nSPS) is 16.0. The molecule has 0 radical (unpaired) electrons. The predicted octanol–water partition coefficient (Wildman–Crippen LogP) is 28.5. The Kier molecular flexibility index (Phi) is 11.9. The molecule has 4 nitrogen and oxygen atoms in total. The van der Waals surface area contributed by atoms with Gasteiger partial charge in [0, 0.05) is 77.9 Å². The summed E-state index contributed by atoms with van der Waals surface area (Å²) in [4.78, 5) is 3.45. The molecule has 2 aliphatic heterocycles. The Morgan fingerprint density at radius 1 is 0.252 bits per heavy atom. The fraction of sp³-hybridized carbons (Fsp3) is 0.182. The van der Waals surface area contributed by atoms with Crippen molar-refractivity contribution in [2.75, 3.05) is 9.80 Å². The molecule has 0 fully saturated rings. The Bertz CT molecular complexity index is 7620. The first kappa shape index (κ1) is 50.6. The van der Waals surface area contributed by atoms with Crippen LogP contribution in [0.15, 0.2) is 327 Å². The third-order valence-electron chi connectivity index (χ3n) is 22.6. The van der Waals surface area contributed by atoms with Crippen LogP contribution in [0.5, 0.6) is 0 Å². The summed E-state index contributed by atoms with van der Waals surface area (Å²) in [5.41, 5.74) is 2.49. The molecule has 0 saturated heterocycles. The summed E-state index contributed by atoms with van der Waals surface area (Å²) in [6, 6.07) is 41.5. The zero-order valence-electron chi connectivity index (χ0n) is 91.2. The number of aromatic nitrogens is 2. The number of hydrogen-bond acceptors (Lipinski definition) is 2. The van der Waals surface area contributed by atoms with Gasteiger partial charge in [-0.3, -0.25) is 0 Å². The highest BCUT2D eigenvalue weighted by atomic mass is 15.2. The van der Waals surface area contributed by atoms with Gasteiger partial charge < -0.3 is 18.9 Å². The third kappa shape index (κ3) is 12.5.